The van der Waals surface area contributed by atoms with E-state index in [4.69, 9.17) is 28.1 Å². The second kappa shape index (κ2) is 11.0. The van der Waals surface area contributed by atoms with Crippen LogP contribution in [0.15, 0.2) is 30.3 Å². The monoisotopic (exact) mass is 482 g/mol. The summed E-state index contributed by atoms with van der Waals surface area (Å²) in [4.78, 5) is 12.6. The second-order valence-corrected chi connectivity index (χ2v) is 15.7. The van der Waals surface area contributed by atoms with Gasteiger partial charge in [-0.25, -0.2) is 4.79 Å². The molecule has 2 rings (SSSR count). The summed E-state index contributed by atoms with van der Waals surface area (Å²) in [5.74, 6) is -2.23. The molecule has 1 saturated heterocycles. The lowest BCUT2D eigenvalue weighted by Crippen LogP contribution is -2.49. The van der Waals surface area contributed by atoms with Crippen molar-refractivity contribution in [3.63, 3.8) is 0 Å². The van der Waals surface area contributed by atoms with Crippen LogP contribution in [0, 0.1) is 0 Å². The Morgan fingerprint density at radius 3 is 1.70 bits per heavy atom. The lowest BCUT2D eigenvalue weighted by atomic mass is 10.2. The minimum absolute atomic E-state index is 0.0601. The van der Waals surface area contributed by atoms with E-state index in [1.165, 1.54) is 0 Å². The summed E-state index contributed by atoms with van der Waals surface area (Å²) in [6, 6.07) is 8.85. The molecule has 1 aromatic carbocycles. The Labute approximate surface area is 200 Å². The molecule has 1 aromatic rings. The van der Waals surface area contributed by atoms with Crippen LogP contribution in [0.25, 0.3) is 0 Å². The summed E-state index contributed by atoms with van der Waals surface area (Å²) in [6.07, 6.45) is -0.884. The van der Waals surface area contributed by atoms with E-state index < -0.39 is 32.0 Å². The van der Waals surface area contributed by atoms with Crippen molar-refractivity contribution in [2.24, 2.45) is 0 Å². The first-order valence-corrected chi connectivity index (χ1v) is 14.5. The van der Waals surface area contributed by atoms with Crippen molar-refractivity contribution in [1.29, 1.82) is 0 Å². The number of hydrogen-bond donors (Lipinski definition) is 0. The minimum atomic E-state index is -2.04. The summed E-state index contributed by atoms with van der Waals surface area (Å²) in [7, 11) is -2.04. The molecule has 0 aromatic heterocycles. The Bertz CT molecular complexity index is 732. The Hall–Kier alpha value is -1.29. The van der Waals surface area contributed by atoms with E-state index in [9.17, 15) is 4.79 Å². The molecule has 7 nitrogen and oxygen atoms in total. The van der Waals surface area contributed by atoms with Gasteiger partial charge in [0, 0.05) is 0 Å². The van der Waals surface area contributed by atoms with Crippen LogP contribution in [-0.2, 0) is 28.1 Å². The molecule has 0 saturated carbocycles. The molecule has 0 spiro atoms. The molecule has 33 heavy (non-hydrogen) atoms. The van der Waals surface area contributed by atoms with Crippen LogP contribution in [0.3, 0.4) is 0 Å². The lowest BCUT2D eigenvalue weighted by Gasteiger charge is -2.41. The predicted octanol–water partition coefficient (Wildman–Crippen LogP) is 5.15. The molecule has 0 unspecified atom stereocenters. The van der Waals surface area contributed by atoms with Crippen molar-refractivity contribution in [1.82, 2.24) is 0 Å². The normalized spacial score (nSPS) is 24.9. The molecular weight excluding hydrogens is 440 g/mol. The lowest BCUT2D eigenvalue weighted by molar-refractivity contribution is -0.271. The summed E-state index contributed by atoms with van der Waals surface area (Å²) in [6.45, 7) is 19.2. The Kier molecular flexibility index (Phi) is 9.29. The standard InChI is InChI=1S/C25H42O7Si/c1-23(2,3)33(8,9)32-21-17-29-24(4,5)27-15-20(16-28-25(6,7)30-18-21)31-22(26)19-13-11-10-12-14-19/h10-14,20-21H,15-18H2,1-9H3. The van der Waals surface area contributed by atoms with E-state index in [0.29, 0.717) is 18.8 Å². The van der Waals surface area contributed by atoms with E-state index in [1.807, 2.05) is 33.8 Å². The molecule has 0 aliphatic carbocycles. The number of hydrogen-bond acceptors (Lipinski definition) is 7. The molecule has 1 aliphatic rings. The molecular formula is C25H42O7Si. The third kappa shape index (κ3) is 9.11. The van der Waals surface area contributed by atoms with Gasteiger partial charge in [0.15, 0.2) is 19.9 Å². The van der Waals surface area contributed by atoms with Crippen LogP contribution in [0.2, 0.25) is 18.1 Å². The maximum Gasteiger partial charge on any atom is 0.338 e. The summed E-state index contributed by atoms with van der Waals surface area (Å²) >= 11 is 0. The van der Waals surface area contributed by atoms with Crippen LogP contribution in [0.1, 0.15) is 58.8 Å². The zero-order chi connectivity index (χ0) is 24.9. The molecule has 1 heterocycles. The van der Waals surface area contributed by atoms with Gasteiger partial charge in [-0.1, -0.05) is 39.0 Å². The third-order valence-electron chi connectivity index (χ3n) is 6.02. The minimum Gasteiger partial charge on any atom is -0.454 e. The molecule has 1 aliphatic heterocycles. The predicted molar refractivity (Wildman–Crippen MR) is 130 cm³/mol. The first kappa shape index (κ1) is 27.9. The highest BCUT2D eigenvalue weighted by atomic mass is 28.4. The largest absolute Gasteiger partial charge is 0.454 e. The van der Waals surface area contributed by atoms with Gasteiger partial charge in [0.1, 0.15) is 6.10 Å². The maximum absolute atomic E-state index is 12.6. The number of rotatable bonds is 4. The second-order valence-electron chi connectivity index (χ2n) is 10.9. The van der Waals surface area contributed by atoms with Crippen molar-refractivity contribution >= 4 is 14.3 Å². The average molecular weight is 483 g/mol. The van der Waals surface area contributed by atoms with Gasteiger partial charge in [-0.15, -0.1) is 0 Å². The number of carbonyl (C=O) groups is 1. The van der Waals surface area contributed by atoms with Gasteiger partial charge in [0.25, 0.3) is 0 Å². The molecule has 0 atom stereocenters. The number of ether oxygens (including phenoxy) is 5. The summed E-state index contributed by atoms with van der Waals surface area (Å²) in [5, 5.41) is 0.0601. The molecule has 8 heteroatoms. The summed E-state index contributed by atoms with van der Waals surface area (Å²) < 4.78 is 36.4. The van der Waals surface area contributed by atoms with Crippen molar-refractivity contribution in [2.75, 3.05) is 26.4 Å². The van der Waals surface area contributed by atoms with Crippen molar-refractivity contribution in [3.8, 4) is 0 Å². The average Bonchev–Trinajstić information content (AvgIpc) is 2.71. The topological polar surface area (TPSA) is 72.5 Å². The first-order valence-electron chi connectivity index (χ1n) is 11.6. The van der Waals surface area contributed by atoms with E-state index in [-0.39, 0.29) is 24.4 Å². The fraction of sp³-hybridized carbons (Fsp3) is 0.720. The van der Waals surface area contributed by atoms with Crippen molar-refractivity contribution in [2.45, 2.75) is 90.4 Å². The van der Waals surface area contributed by atoms with E-state index in [2.05, 4.69) is 33.9 Å². The first-order chi connectivity index (χ1) is 15.1. The fourth-order valence-corrected chi connectivity index (χ4v) is 4.20. The van der Waals surface area contributed by atoms with Gasteiger partial charge in [-0.2, -0.15) is 0 Å². The molecule has 0 N–H and O–H groups in total. The van der Waals surface area contributed by atoms with Gasteiger partial charge in [-0.3, -0.25) is 0 Å². The molecule has 0 radical (unpaired) electrons. The summed E-state index contributed by atoms with van der Waals surface area (Å²) in [5.41, 5.74) is 0.472. The quantitative estimate of drug-likeness (QED) is 0.434. The molecule has 0 amide bonds. The zero-order valence-corrected chi connectivity index (χ0v) is 22.7. The van der Waals surface area contributed by atoms with Gasteiger partial charge < -0.3 is 28.1 Å². The Balaban J connectivity index is 2.11. The van der Waals surface area contributed by atoms with Crippen LogP contribution in [0.5, 0.6) is 0 Å². The molecule has 1 fully saturated rings. The maximum atomic E-state index is 12.6. The zero-order valence-electron chi connectivity index (χ0n) is 21.7. The van der Waals surface area contributed by atoms with Crippen LogP contribution in [-0.4, -0.2) is 64.5 Å². The Morgan fingerprint density at radius 1 is 0.848 bits per heavy atom. The van der Waals surface area contributed by atoms with Gasteiger partial charge in [-0.05, 0) is 58.0 Å². The third-order valence-corrected chi connectivity index (χ3v) is 10.6. The highest BCUT2D eigenvalue weighted by molar-refractivity contribution is 6.74. The molecule has 188 valence electrons. The Morgan fingerprint density at radius 2 is 1.27 bits per heavy atom. The SMILES string of the molecule is CC1(C)OCC(OC(=O)c2ccccc2)COC(C)(C)OCC(O[Si](C)(C)C(C)(C)C)CO1. The van der Waals surface area contributed by atoms with Gasteiger partial charge in [0.2, 0.25) is 0 Å². The van der Waals surface area contributed by atoms with Gasteiger partial charge in [0.05, 0.1) is 38.1 Å². The van der Waals surface area contributed by atoms with Crippen LogP contribution >= 0.6 is 0 Å². The highest BCUT2D eigenvalue weighted by Gasteiger charge is 2.40. The van der Waals surface area contributed by atoms with Crippen molar-refractivity contribution < 1.29 is 32.9 Å². The van der Waals surface area contributed by atoms with Crippen LogP contribution < -0.4 is 0 Å². The highest BCUT2D eigenvalue weighted by Crippen LogP contribution is 2.37. The fourth-order valence-electron chi connectivity index (χ4n) is 2.88. The van der Waals surface area contributed by atoms with E-state index in [1.54, 1.807) is 24.3 Å². The van der Waals surface area contributed by atoms with Crippen molar-refractivity contribution in [3.05, 3.63) is 35.9 Å². The molecule has 0 bridgehead atoms. The van der Waals surface area contributed by atoms with E-state index >= 15 is 0 Å². The smallest absolute Gasteiger partial charge is 0.338 e. The number of benzene rings is 1. The van der Waals surface area contributed by atoms with E-state index in [0.717, 1.165) is 0 Å². The van der Waals surface area contributed by atoms with Gasteiger partial charge >= 0.3 is 5.97 Å². The number of esters is 1. The number of carbonyl (C=O) groups excluding carboxylic acids is 1. The van der Waals surface area contributed by atoms with Crippen LogP contribution in [0.4, 0.5) is 0 Å².